The number of esters is 1. The maximum absolute atomic E-state index is 12.2. The molecule has 0 atom stereocenters. The van der Waals surface area contributed by atoms with Gasteiger partial charge in [0, 0.05) is 12.1 Å². The molecule has 118 valence electrons. The number of amides is 4. The summed E-state index contributed by atoms with van der Waals surface area (Å²) in [6.45, 7) is 3.60. The van der Waals surface area contributed by atoms with Crippen molar-refractivity contribution < 1.29 is 28.3 Å². The van der Waals surface area contributed by atoms with Gasteiger partial charge in [-0.15, -0.1) is 0 Å². The second-order valence-corrected chi connectivity index (χ2v) is 5.25. The number of urea groups is 1. The number of rotatable bonds is 5. The molecular weight excluding hydrogens is 292 g/mol. The average Bonchev–Trinajstić information content (AvgIpc) is 3.01. The molecule has 4 amide bonds. The fourth-order valence-electron chi connectivity index (χ4n) is 2.12. The van der Waals surface area contributed by atoms with E-state index < -0.39 is 23.8 Å². The lowest BCUT2D eigenvalue weighted by molar-refractivity contribution is -0.143. The number of imide groups is 2. The van der Waals surface area contributed by atoms with Gasteiger partial charge in [-0.3, -0.25) is 19.4 Å². The van der Waals surface area contributed by atoms with Crippen LogP contribution in [0.3, 0.4) is 0 Å². The van der Waals surface area contributed by atoms with Gasteiger partial charge in [-0.25, -0.2) is 9.59 Å². The van der Waals surface area contributed by atoms with Crippen LogP contribution in [0, 0.1) is 5.92 Å². The van der Waals surface area contributed by atoms with E-state index in [4.69, 9.17) is 4.42 Å². The third kappa shape index (κ3) is 2.72. The van der Waals surface area contributed by atoms with Gasteiger partial charge < -0.3 is 9.15 Å². The summed E-state index contributed by atoms with van der Waals surface area (Å²) < 4.78 is 9.54. The van der Waals surface area contributed by atoms with E-state index in [1.54, 1.807) is 0 Å². The molecule has 0 radical (unpaired) electrons. The highest BCUT2D eigenvalue weighted by Gasteiger charge is 2.44. The third-order valence-corrected chi connectivity index (χ3v) is 3.13. The molecule has 1 aliphatic heterocycles. The summed E-state index contributed by atoms with van der Waals surface area (Å²) in [7, 11) is 1.19. The molecule has 1 fully saturated rings. The highest BCUT2D eigenvalue weighted by Crippen LogP contribution is 2.20. The van der Waals surface area contributed by atoms with Crippen LogP contribution in [-0.4, -0.2) is 47.3 Å². The van der Waals surface area contributed by atoms with Crippen molar-refractivity contribution in [3.63, 3.8) is 0 Å². The second-order valence-electron chi connectivity index (χ2n) is 5.25. The largest absolute Gasteiger partial charge is 0.463 e. The molecule has 1 aromatic rings. The van der Waals surface area contributed by atoms with Crippen molar-refractivity contribution in [1.82, 2.24) is 9.80 Å². The minimum absolute atomic E-state index is 0.0419. The Hall–Kier alpha value is -2.64. The van der Waals surface area contributed by atoms with Gasteiger partial charge in [0.2, 0.25) is 5.76 Å². The Balaban J connectivity index is 2.22. The molecule has 1 aromatic heterocycles. The van der Waals surface area contributed by atoms with Gasteiger partial charge in [-0.2, -0.15) is 0 Å². The lowest BCUT2D eigenvalue weighted by atomic mass is 10.2. The number of furan rings is 1. The Bertz CT molecular complexity index is 633. The fraction of sp³-hybridized carbons (Fsp3) is 0.429. The predicted molar refractivity (Wildman–Crippen MR) is 72.5 cm³/mol. The predicted octanol–water partition coefficient (Wildman–Crippen LogP) is 1.01. The van der Waals surface area contributed by atoms with E-state index in [9.17, 15) is 19.2 Å². The molecular formula is C14H16N2O6. The molecule has 0 unspecified atom stereocenters. The Morgan fingerprint density at radius 1 is 1.23 bits per heavy atom. The molecule has 8 heteroatoms. The maximum atomic E-state index is 12.2. The molecule has 0 saturated carbocycles. The number of nitrogens with zero attached hydrogens (tertiary/aromatic N) is 2. The van der Waals surface area contributed by atoms with Crippen LogP contribution in [0.25, 0.3) is 0 Å². The Morgan fingerprint density at radius 3 is 2.45 bits per heavy atom. The van der Waals surface area contributed by atoms with E-state index in [-0.39, 0.29) is 24.8 Å². The first kappa shape index (κ1) is 15.7. The topological polar surface area (TPSA) is 97.1 Å². The molecule has 0 aromatic carbocycles. The van der Waals surface area contributed by atoms with Crippen LogP contribution in [0.5, 0.6) is 0 Å². The molecule has 0 bridgehead atoms. The van der Waals surface area contributed by atoms with E-state index >= 15 is 0 Å². The second kappa shape index (κ2) is 6.00. The van der Waals surface area contributed by atoms with Crippen molar-refractivity contribution in [1.29, 1.82) is 0 Å². The Labute approximate surface area is 126 Å². The SMILES string of the molecule is COC(=O)c1occc1CN1C(=O)C(=O)N(CC(C)C)C1=O. The number of carbonyl (C=O) groups excluding carboxylic acids is 4. The molecule has 1 saturated heterocycles. The summed E-state index contributed by atoms with van der Waals surface area (Å²) in [6, 6.07) is 0.753. The summed E-state index contributed by atoms with van der Waals surface area (Å²) in [5, 5.41) is 0. The number of hydrogen-bond donors (Lipinski definition) is 0. The zero-order valence-corrected chi connectivity index (χ0v) is 12.5. The van der Waals surface area contributed by atoms with Gasteiger partial charge in [0.15, 0.2) is 0 Å². The molecule has 0 N–H and O–H groups in total. The molecule has 8 nitrogen and oxygen atoms in total. The van der Waals surface area contributed by atoms with Crippen LogP contribution in [0.15, 0.2) is 16.7 Å². The van der Waals surface area contributed by atoms with Gasteiger partial charge in [-0.1, -0.05) is 13.8 Å². The summed E-state index contributed by atoms with van der Waals surface area (Å²) >= 11 is 0. The lowest BCUT2D eigenvalue weighted by Gasteiger charge is -2.16. The summed E-state index contributed by atoms with van der Waals surface area (Å²) in [5.74, 6) is -2.55. The fourth-order valence-corrected chi connectivity index (χ4v) is 2.12. The van der Waals surface area contributed by atoms with Crippen molar-refractivity contribution in [2.45, 2.75) is 20.4 Å². The minimum Gasteiger partial charge on any atom is -0.463 e. The van der Waals surface area contributed by atoms with Crippen molar-refractivity contribution in [2.75, 3.05) is 13.7 Å². The van der Waals surface area contributed by atoms with Crippen molar-refractivity contribution in [3.8, 4) is 0 Å². The summed E-state index contributed by atoms with van der Waals surface area (Å²) in [5.41, 5.74) is 0.299. The Kier molecular flexibility index (Phi) is 4.30. The molecule has 2 heterocycles. The van der Waals surface area contributed by atoms with Gasteiger partial charge in [0.05, 0.1) is 19.9 Å². The van der Waals surface area contributed by atoms with Gasteiger partial charge in [0.1, 0.15) is 0 Å². The maximum Gasteiger partial charge on any atom is 0.374 e. The van der Waals surface area contributed by atoms with Crippen molar-refractivity contribution >= 4 is 23.8 Å². The first-order valence-electron chi connectivity index (χ1n) is 6.68. The van der Waals surface area contributed by atoms with Crippen molar-refractivity contribution in [2.24, 2.45) is 5.92 Å². The molecule has 0 aliphatic carbocycles. The smallest absolute Gasteiger partial charge is 0.374 e. The van der Waals surface area contributed by atoms with Crippen LogP contribution in [-0.2, 0) is 20.9 Å². The number of ether oxygens (including phenoxy) is 1. The van der Waals surface area contributed by atoms with Gasteiger partial charge >= 0.3 is 23.8 Å². The Morgan fingerprint density at radius 2 is 1.86 bits per heavy atom. The quantitative estimate of drug-likeness (QED) is 0.457. The molecule has 22 heavy (non-hydrogen) atoms. The van der Waals surface area contributed by atoms with Crippen molar-refractivity contribution in [3.05, 3.63) is 23.7 Å². The highest BCUT2D eigenvalue weighted by molar-refractivity contribution is 6.44. The van der Waals surface area contributed by atoms with E-state index in [0.717, 1.165) is 9.80 Å². The number of hydrogen-bond acceptors (Lipinski definition) is 6. The standard InChI is InChI=1S/C14H16N2O6/c1-8(2)6-15-11(17)12(18)16(14(15)20)7-9-4-5-22-10(9)13(19)21-3/h4-5,8H,6-7H2,1-3H3. The summed E-state index contributed by atoms with van der Waals surface area (Å²) in [6.07, 6.45) is 1.25. The van der Waals surface area contributed by atoms with Crippen LogP contribution in [0.1, 0.15) is 30.0 Å². The number of carbonyl (C=O) groups is 4. The zero-order valence-electron chi connectivity index (χ0n) is 12.5. The zero-order chi connectivity index (χ0) is 16.4. The number of methoxy groups -OCH3 is 1. The summed E-state index contributed by atoms with van der Waals surface area (Å²) in [4.78, 5) is 49.2. The van der Waals surface area contributed by atoms with Crippen LogP contribution in [0.4, 0.5) is 4.79 Å². The average molecular weight is 308 g/mol. The van der Waals surface area contributed by atoms with Crippen LogP contribution < -0.4 is 0 Å². The highest BCUT2D eigenvalue weighted by atomic mass is 16.5. The minimum atomic E-state index is -0.914. The first-order valence-corrected chi connectivity index (χ1v) is 6.68. The van der Waals surface area contributed by atoms with Gasteiger partial charge in [0.25, 0.3) is 0 Å². The molecule has 0 spiro atoms. The van der Waals surface area contributed by atoms with Crippen LogP contribution in [0.2, 0.25) is 0 Å². The third-order valence-electron chi connectivity index (χ3n) is 3.13. The van der Waals surface area contributed by atoms with Crippen LogP contribution >= 0.6 is 0 Å². The lowest BCUT2D eigenvalue weighted by Crippen LogP contribution is -2.35. The monoisotopic (exact) mass is 308 g/mol. The normalized spacial score (nSPS) is 15.2. The van der Waals surface area contributed by atoms with E-state index in [1.165, 1.54) is 19.4 Å². The van der Waals surface area contributed by atoms with E-state index in [2.05, 4.69) is 4.74 Å². The van der Waals surface area contributed by atoms with E-state index in [1.807, 2.05) is 13.8 Å². The first-order chi connectivity index (χ1) is 10.4. The van der Waals surface area contributed by atoms with E-state index in [0.29, 0.717) is 5.56 Å². The van der Waals surface area contributed by atoms with Gasteiger partial charge in [-0.05, 0) is 12.0 Å². The molecule has 1 aliphatic rings. The molecule has 2 rings (SSSR count).